The lowest BCUT2D eigenvalue weighted by atomic mass is 10.1. The highest BCUT2D eigenvalue weighted by molar-refractivity contribution is 5.67. The fourth-order valence-electron chi connectivity index (χ4n) is 2.70. The summed E-state index contributed by atoms with van der Waals surface area (Å²) in [5.74, 6) is 0.812. The van der Waals surface area contributed by atoms with Crippen molar-refractivity contribution in [2.75, 3.05) is 5.32 Å². The molecule has 0 bridgehead atoms. The number of aliphatic hydroxyl groups is 1. The molecule has 4 rings (SSSR count). The maximum atomic E-state index is 9.56. The molecular formula is C21H23N5O. The van der Waals surface area contributed by atoms with Gasteiger partial charge in [-0.2, -0.15) is 9.61 Å². The summed E-state index contributed by atoms with van der Waals surface area (Å²) in [4.78, 5) is 8.81. The van der Waals surface area contributed by atoms with Gasteiger partial charge in [-0.1, -0.05) is 50.2 Å². The highest BCUT2D eigenvalue weighted by atomic mass is 16.3. The minimum absolute atomic E-state index is 0.100. The van der Waals surface area contributed by atoms with Gasteiger partial charge in [0.1, 0.15) is 5.82 Å². The first-order valence-corrected chi connectivity index (χ1v) is 9.02. The lowest BCUT2D eigenvalue weighted by Crippen LogP contribution is -2.07. The number of hydrogen-bond donors (Lipinski definition) is 2. The number of benzene rings is 1. The maximum absolute atomic E-state index is 9.56. The summed E-state index contributed by atoms with van der Waals surface area (Å²) in [5, 5.41) is 17.3. The third-order valence-electron chi connectivity index (χ3n) is 3.98. The molecule has 6 nitrogen and oxygen atoms in total. The quantitative estimate of drug-likeness (QED) is 0.563. The van der Waals surface area contributed by atoms with Crippen LogP contribution in [-0.2, 0) is 13.2 Å². The van der Waals surface area contributed by atoms with Crippen molar-refractivity contribution in [2.45, 2.75) is 27.0 Å². The van der Waals surface area contributed by atoms with Gasteiger partial charge in [0.15, 0.2) is 5.65 Å². The molecule has 4 aromatic rings. The second kappa shape index (κ2) is 8.91. The van der Waals surface area contributed by atoms with Crippen LogP contribution >= 0.6 is 0 Å². The van der Waals surface area contributed by atoms with Crippen molar-refractivity contribution in [2.24, 2.45) is 0 Å². The van der Waals surface area contributed by atoms with Crippen molar-refractivity contribution in [1.82, 2.24) is 19.6 Å². The van der Waals surface area contributed by atoms with Gasteiger partial charge in [-0.3, -0.25) is 4.98 Å². The van der Waals surface area contributed by atoms with E-state index in [0.717, 1.165) is 22.6 Å². The van der Waals surface area contributed by atoms with Gasteiger partial charge >= 0.3 is 0 Å². The molecule has 0 spiro atoms. The van der Waals surface area contributed by atoms with Crippen molar-refractivity contribution in [3.8, 4) is 11.3 Å². The summed E-state index contributed by atoms with van der Waals surface area (Å²) in [6, 6.07) is 15.8. The molecule has 0 atom stereocenters. The van der Waals surface area contributed by atoms with E-state index in [0.29, 0.717) is 17.8 Å². The van der Waals surface area contributed by atoms with Crippen LogP contribution in [0.3, 0.4) is 0 Å². The van der Waals surface area contributed by atoms with Crippen molar-refractivity contribution in [3.05, 3.63) is 78.2 Å². The van der Waals surface area contributed by atoms with E-state index in [1.165, 1.54) is 0 Å². The van der Waals surface area contributed by atoms with Gasteiger partial charge in [-0.15, -0.1) is 0 Å². The van der Waals surface area contributed by atoms with Crippen LogP contribution in [0.25, 0.3) is 16.9 Å². The molecule has 2 N–H and O–H groups in total. The van der Waals surface area contributed by atoms with E-state index in [9.17, 15) is 5.11 Å². The molecule has 3 heterocycles. The standard InChI is InChI=1S/C19H17N5O.C2H6/c25-13-16-12-22-24-18(21-11-14-5-4-8-20-10-14)9-17(23-19(16)24)15-6-2-1-3-7-15;1-2/h1-10,12,21,25H,11,13H2;1-2H3. The average molecular weight is 361 g/mol. The van der Waals surface area contributed by atoms with Gasteiger partial charge in [-0.05, 0) is 11.6 Å². The summed E-state index contributed by atoms with van der Waals surface area (Å²) in [5.41, 5.74) is 4.26. The summed E-state index contributed by atoms with van der Waals surface area (Å²) in [7, 11) is 0. The van der Waals surface area contributed by atoms with Crippen molar-refractivity contribution in [3.63, 3.8) is 0 Å². The average Bonchev–Trinajstić information content (AvgIpc) is 3.18. The number of pyridine rings is 1. The fourth-order valence-corrected chi connectivity index (χ4v) is 2.70. The highest BCUT2D eigenvalue weighted by Crippen LogP contribution is 2.24. The Bertz CT molecular complexity index is 984. The fraction of sp³-hybridized carbons (Fsp3) is 0.190. The van der Waals surface area contributed by atoms with Crippen LogP contribution in [0, 0.1) is 0 Å². The van der Waals surface area contributed by atoms with Crippen LogP contribution in [0.15, 0.2) is 67.1 Å². The third-order valence-corrected chi connectivity index (χ3v) is 3.98. The zero-order chi connectivity index (χ0) is 19.1. The molecule has 0 saturated carbocycles. The van der Waals surface area contributed by atoms with Gasteiger partial charge in [0.05, 0.1) is 18.5 Å². The van der Waals surface area contributed by atoms with Crippen LogP contribution in [0.2, 0.25) is 0 Å². The molecule has 0 aliphatic heterocycles. The van der Waals surface area contributed by atoms with E-state index < -0.39 is 0 Å². The van der Waals surface area contributed by atoms with E-state index in [2.05, 4.69) is 20.4 Å². The number of hydrogen-bond acceptors (Lipinski definition) is 5. The first-order chi connectivity index (χ1) is 13.3. The van der Waals surface area contributed by atoms with E-state index in [-0.39, 0.29) is 6.61 Å². The van der Waals surface area contributed by atoms with Gasteiger partial charge in [0.2, 0.25) is 0 Å². The lowest BCUT2D eigenvalue weighted by molar-refractivity contribution is 0.283. The molecule has 27 heavy (non-hydrogen) atoms. The van der Waals surface area contributed by atoms with Crippen LogP contribution in [0.1, 0.15) is 25.0 Å². The van der Waals surface area contributed by atoms with Gasteiger partial charge < -0.3 is 10.4 Å². The number of rotatable bonds is 5. The molecule has 0 aliphatic rings. The summed E-state index contributed by atoms with van der Waals surface area (Å²) < 4.78 is 1.72. The highest BCUT2D eigenvalue weighted by Gasteiger charge is 2.12. The second-order valence-corrected chi connectivity index (χ2v) is 5.67. The Morgan fingerprint density at radius 2 is 1.85 bits per heavy atom. The zero-order valence-electron chi connectivity index (χ0n) is 15.5. The molecule has 0 unspecified atom stereocenters. The number of aromatic nitrogens is 4. The Morgan fingerprint density at radius 1 is 1.04 bits per heavy atom. The smallest absolute Gasteiger partial charge is 0.163 e. The molecule has 0 aliphatic carbocycles. The Balaban J connectivity index is 0.00000102. The Labute approximate surface area is 158 Å². The van der Waals surface area contributed by atoms with E-state index in [4.69, 9.17) is 0 Å². The van der Waals surface area contributed by atoms with E-state index >= 15 is 0 Å². The normalized spacial score (nSPS) is 10.3. The molecule has 138 valence electrons. The Kier molecular flexibility index (Phi) is 6.12. The molecular weight excluding hydrogens is 338 g/mol. The first kappa shape index (κ1) is 18.5. The zero-order valence-corrected chi connectivity index (χ0v) is 15.5. The number of nitrogens with one attached hydrogen (secondary N) is 1. The number of aliphatic hydroxyl groups excluding tert-OH is 1. The summed E-state index contributed by atoms with van der Waals surface area (Å²) in [6.07, 6.45) is 5.22. The molecule has 6 heteroatoms. The topological polar surface area (TPSA) is 75.3 Å². The molecule has 0 saturated heterocycles. The lowest BCUT2D eigenvalue weighted by Gasteiger charge is -2.11. The Morgan fingerprint density at radius 3 is 2.56 bits per heavy atom. The molecule has 0 fully saturated rings. The number of anilines is 1. The monoisotopic (exact) mass is 361 g/mol. The van der Waals surface area contributed by atoms with Crippen LogP contribution in [0.5, 0.6) is 0 Å². The van der Waals surface area contributed by atoms with Crippen molar-refractivity contribution >= 4 is 11.5 Å². The summed E-state index contributed by atoms with van der Waals surface area (Å²) in [6.45, 7) is 4.52. The maximum Gasteiger partial charge on any atom is 0.163 e. The van der Waals surface area contributed by atoms with Crippen LogP contribution < -0.4 is 5.32 Å². The minimum atomic E-state index is -0.100. The molecule has 0 amide bonds. The molecule has 1 aromatic carbocycles. The molecule has 0 radical (unpaired) electrons. The predicted octanol–water partition coefficient (Wildman–Crippen LogP) is 3.92. The third kappa shape index (κ3) is 4.12. The second-order valence-electron chi connectivity index (χ2n) is 5.67. The minimum Gasteiger partial charge on any atom is -0.391 e. The van der Waals surface area contributed by atoms with Crippen LogP contribution in [-0.4, -0.2) is 24.7 Å². The van der Waals surface area contributed by atoms with E-state index in [1.807, 2.05) is 68.6 Å². The number of nitrogens with zero attached hydrogens (tertiary/aromatic N) is 4. The van der Waals surface area contributed by atoms with Gasteiger partial charge in [-0.25, -0.2) is 4.98 Å². The SMILES string of the molecule is CC.OCc1cnn2c(NCc3cccnc3)cc(-c3ccccc3)nc12. The number of fused-ring (bicyclic) bond motifs is 1. The van der Waals surface area contributed by atoms with Gasteiger partial charge in [0, 0.05) is 36.1 Å². The van der Waals surface area contributed by atoms with Crippen molar-refractivity contribution in [1.29, 1.82) is 0 Å². The summed E-state index contributed by atoms with van der Waals surface area (Å²) >= 11 is 0. The van der Waals surface area contributed by atoms with Crippen LogP contribution in [0.4, 0.5) is 5.82 Å². The Hall–Kier alpha value is -3.25. The van der Waals surface area contributed by atoms with Gasteiger partial charge in [0.25, 0.3) is 0 Å². The van der Waals surface area contributed by atoms with Crippen molar-refractivity contribution < 1.29 is 5.11 Å². The first-order valence-electron chi connectivity index (χ1n) is 9.02. The molecule has 3 aromatic heterocycles. The largest absolute Gasteiger partial charge is 0.391 e. The van der Waals surface area contributed by atoms with E-state index in [1.54, 1.807) is 16.9 Å². The predicted molar refractivity (Wildman–Crippen MR) is 107 cm³/mol.